The summed E-state index contributed by atoms with van der Waals surface area (Å²) >= 11 is 8.74. The number of halogens is 2. The monoisotopic (exact) mass is 414 g/mol. The largest absolute Gasteiger partial charge is 0.271 e. The van der Waals surface area contributed by atoms with Gasteiger partial charge in [0.1, 0.15) is 0 Å². The first-order valence-corrected chi connectivity index (χ1v) is 8.83. The van der Waals surface area contributed by atoms with E-state index >= 15 is 0 Å². The van der Waals surface area contributed by atoms with Crippen molar-refractivity contribution in [2.24, 2.45) is 5.84 Å². The fourth-order valence-electron chi connectivity index (χ4n) is 1.82. The van der Waals surface area contributed by atoms with Crippen LogP contribution in [0.1, 0.15) is 5.56 Å². The zero-order valence-corrected chi connectivity index (χ0v) is 14.8. The van der Waals surface area contributed by atoms with Gasteiger partial charge in [-0.1, -0.05) is 50.1 Å². The van der Waals surface area contributed by atoms with E-state index in [2.05, 4.69) is 73.7 Å². The van der Waals surface area contributed by atoms with Crippen molar-refractivity contribution >= 4 is 43.6 Å². The van der Waals surface area contributed by atoms with Crippen molar-refractivity contribution in [3.8, 4) is 0 Å². The van der Waals surface area contributed by atoms with Gasteiger partial charge >= 0.3 is 0 Å². The minimum Gasteiger partial charge on any atom is -0.271 e. The van der Waals surface area contributed by atoms with Crippen LogP contribution in [0.5, 0.6) is 0 Å². The molecule has 3 N–H and O–H groups in total. The van der Waals surface area contributed by atoms with Crippen molar-refractivity contribution in [1.82, 2.24) is 5.43 Å². The highest BCUT2D eigenvalue weighted by molar-refractivity contribution is 9.10. The normalized spacial score (nSPS) is 12.3. The van der Waals surface area contributed by atoms with E-state index in [0.29, 0.717) is 0 Å². The third-order valence-electron chi connectivity index (χ3n) is 2.88. The van der Waals surface area contributed by atoms with Gasteiger partial charge in [-0.25, -0.2) is 0 Å². The van der Waals surface area contributed by atoms with Gasteiger partial charge in [0.05, 0.1) is 0 Å². The summed E-state index contributed by atoms with van der Waals surface area (Å²) in [6.45, 7) is 0. The molecule has 1 unspecified atom stereocenters. The smallest absolute Gasteiger partial charge is 0.0344 e. The fraction of sp³-hybridized carbons (Fsp3) is 0.200. The van der Waals surface area contributed by atoms with Crippen LogP contribution in [-0.4, -0.2) is 11.8 Å². The molecule has 2 aromatic rings. The maximum absolute atomic E-state index is 5.66. The van der Waals surface area contributed by atoms with E-state index in [-0.39, 0.29) is 6.04 Å². The Bertz CT molecular complexity index is 546. The van der Waals surface area contributed by atoms with Gasteiger partial charge in [-0.2, -0.15) is 0 Å². The molecule has 0 aromatic heterocycles. The second-order valence-corrected chi connectivity index (χ2v) is 7.39. The van der Waals surface area contributed by atoms with E-state index in [1.807, 2.05) is 23.9 Å². The number of nitrogens with two attached hydrogens (primary N) is 1. The van der Waals surface area contributed by atoms with Crippen LogP contribution in [0.25, 0.3) is 0 Å². The molecule has 0 saturated heterocycles. The molecule has 2 aromatic carbocycles. The molecule has 0 heterocycles. The van der Waals surface area contributed by atoms with Crippen LogP contribution in [0, 0.1) is 0 Å². The second kappa shape index (κ2) is 8.20. The average Bonchev–Trinajstić information content (AvgIpc) is 2.45. The van der Waals surface area contributed by atoms with E-state index in [9.17, 15) is 0 Å². The average molecular weight is 416 g/mol. The fourth-order valence-corrected chi connectivity index (χ4v) is 3.63. The first-order chi connectivity index (χ1) is 9.67. The van der Waals surface area contributed by atoms with Crippen LogP contribution in [0.4, 0.5) is 0 Å². The number of hydrogen-bond acceptors (Lipinski definition) is 3. The molecule has 0 saturated carbocycles. The topological polar surface area (TPSA) is 38.0 Å². The highest BCUT2D eigenvalue weighted by Gasteiger charge is 2.08. The molecule has 0 amide bonds. The van der Waals surface area contributed by atoms with Gasteiger partial charge in [0.25, 0.3) is 0 Å². The Labute approximate surface area is 140 Å². The molecule has 2 rings (SSSR count). The van der Waals surface area contributed by atoms with Gasteiger partial charge in [-0.15, -0.1) is 11.8 Å². The third kappa shape index (κ3) is 5.22. The van der Waals surface area contributed by atoms with E-state index in [0.717, 1.165) is 21.1 Å². The zero-order chi connectivity index (χ0) is 14.4. The lowest BCUT2D eigenvalue weighted by atomic mass is 10.1. The van der Waals surface area contributed by atoms with Crippen molar-refractivity contribution in [1.29, 1.82) is 0 Å². The lowest BCUT2D eigenvalue weighted by Gasteiger charge is -2.15. The van der Waals surface area contributed by atoms with Crippen LogP contribution in [0.15, 0.2) is 62.4 Å². The number of benzene rings is 2. The van der Waals surface area contributed by atoms with E-state index < -0.39 is 0 Å². The first-order valence-electron chi connectivity index (χ1n) is 6.26. The second-order valence-electron chi connectivity index (χ2n) is 4.46. The van der Waals surface area contributed by atoms with Crippen molar-refractivity contribution in [3.63, 3.8) is 0 Å². The lowest BCUT2D eigenvalue weighted by molar-refractivity contribution is 0.575. The summed E-state index contributed by atoms with van der Waals surface area (Å²) < 4.78 is 2.20. The Kier molecular flexibility index (Phi) is 6.58. The summed E-state index contributed by atoms with van der Waals surface area (Å²) in [6.07, 6.45) is 0.921. The van der Waals surface area contributed by atoms with Crippen molar-refractivity contribution in [2.45, 2.75) is 17.4 Å². The highest BCUT2D eigenvalue weighted by atomic mass is 79.9. The molecule has 0 bridgehead atoms. The molecular formula is C15H16Br2N2S. The summed E-state index contributed by atoms with van der Waals surface area (Å²) in [5.74, 6) is 6.60. The Morgan fingerprint density at radius 2 is 1.80 bits per heavy atom. The standard InChI is InChI=1S/C15H16Br2N2S/c16-12-6-4-11(5-7-12)8-14(19-18)10-20-15-3-1-2-13(17)9-15/h1-7,9,14,19H,8,10,18H2. The van der Waals surface area contributed by atoms with Gasteiger partial charge in [0.15, 0.2) is 0 Å². The Balaban J connectivity index is 1.90. The van der Waals surface area contributed by atoms with Gasteiger partial charge in [0, 0.05) is 25.6 Å². The summed E-state index contributed by atoms with van der Waals surface area (Å²) in [6, 6.07) is 16.9. The van der Waals surface area contributed by atoms with Crippen LogP contribution in [0.3, 0.4) is 0 Å². The molecule has 106 valence electrons. The Morgan fingerprint density at radius 1 is 1.05 bits per heavy atom. The molecule has 20 heavy (non-hydrogen) atoms. The molecule has 0 aliphatic heterocycles. The number of nitrogens with one attached hydrogen (secondary N) is 1. The minimum atomic E-state index is 0.250. The molecule has 0 aliphatic carbocycles. The van der Waals surface area contributed by atoms with E-state index in [1.54, 1.807) is 0 Å². The van der Waals surface area contributed by atoms with Crippen LogP contribution in [0.2, 0.25) is 0 Å². The molecule has 0 radical (unpaired) electrons. The Hall–Kier alpha value is -0.330. The molecule has 0 aliphatic rings. The summed E-state index contributed by atoms with van der Waals surface area (Å²) in [5, 5.41) is 0. The zero-order valence-electron chi connectivity index (χ0n) is 10.9. The van der Waals surface area contributed by atoms with Crippen molar-refractivity contribution in [2.75, 3.05) is 5.75 Å². The van der Waals surface area contributed by atoms with Gasteiger partial charge in [-0.05, 0) is 42.3 Å². The summed E-state index contributed by atoms with van der Waals surface area (Å²) in [4.78, 5) is 1.25. The first kappa shape index (κ1) is 16.0. The van der Waals surface area contributed by atoms with Crippen molar-refractivity contribution < 1.29 is 0 Å². The highest BCUT2D eigenvalue weighted by Crippen LogP contribution is 2.23. The Morgan fingerprint density at radius 3 is 2.45 bits per heavy atom. The van der Waals surface area contributed by atoms with Crippen LogP contribution >= 0.6 is 43.6 Å². The van der Waals surface area contributed by atoms with Gasteiger partial charge < -0.3 is 0 Å². The van der Waals surface area contributed by atoms with Crippen LogP contribution < -0.4 is 11.3 Å². The molecule has 0 spiro atoms. The number of hydrogen-bond donors (Lipinski definition) is 2. The maximum atomic E-state index is 5.66. The third-order valence-corrected chi connectivity index (χ3v) is 5.06. The predicted octanol–water partition coefficient (Wildman–Crippen LogP) is 4.38. The molecular weight excluding hydrogens is 400 g/mol. The molecule has 5 heteroatoms. The van der Waals surface area contributed by atoms with Gasteiger partial charge in [0.2, 0.25) is 0 Å². The lowest BCUT2D eigenvalue weighted by Crippen LogP contribution is -2.38. The maximum Gasteiger partial charge on any atom is 0.0344 e. The molecule has 1 atom stereocenters. The SMILES string of the molecule is NNC(CSc1cccc(Br)c1)Cc1ccc(Br)cc1. The van der Waals surface area contributed by atoms with Crippen molar-refractivity contribution in [3.05, 3.63) is 63.0 Å². The van der Waals surface area contributed by atoms with Gasteiger partial charge in [-0.3, -0.25) is 11.3 Å². The molecule has 2 nitrogen and oxygen atoms in total. The summed E-state index contributed by atoms with van der Waals surface area (Å²) in [7, 11) is 0. The van der Waals surface area contributed by atoms with Crippen LogP contribution in [-0.2, 0) is 6.42 Å². The van der Waals surface area contributed by atoms with E-state index in [1.165, 1.54) is 10.5 Å². The van der Waals surface area contributed by atoms with E-state index in [4.69, 9.17) is 5.84 Å². The minimum absolute atomic E-state index is 0.250. The number of hydrazine groups is 1. The summed E-state index contributed by atoms with van der Waals surface area (Å²) in [5.41, 5.74) is 4.19. The number of rotatable bonds is 6. The quantitative estimate of drug-likeness (QED) is 0.417. The number of thioether (sulfide) groups is 1. The molecule has 0 fully saturated rings. The predicted molar refractivity (Wildman–Crippen MR) is 93.8 cm³/mol.